The molecule has 4 aliphatic rings. The summed E-state index contributed by atoms with van der Waals surface area (Å²) in [6, 6.07) is 30.9. The first-order valence-electron chi connectivity index (χ1n) is 28.1. The van der Waals surface area contributed by atoms with Gasteiger partial charge in [0.25, 0.3) is 27.9 Å². The van der Waals surface area contributed by atoms with Gasteiger partial charge in [0, 0.05) is 121 Å². The van der Waals surface area contributed by atoms with Gasteiger partial charge in [0.1, 0.15) is 35.6 Å². The molecular weight excluding hydrogens is 1100 g/mol. The van der Waals surface area contributed by atoms with Crippen molar-refractivity contribution in [3.05, 3.63) is 137 Å². The summed E-state index contributed by atoms with van der Waals surface area (Å²) in [6.45, 7) is 6.53. The molecule has 1 unspecified atom stereocenters. The van der Waals surface area contributed by atoms with E-state index in [1.165, 1.54) is 40.9 Å². The topological polar surface area (TPSA) is 239 Å². The third-order valence-corrected chi connectivity index (χ3v) is 18.3. The van der Waals surface area contributed by atoms with E-state index in [2.05, 4.69) is 15.1 Å². The van der Waals surface area contributed by atoms with Gasteiger partial charge in [-0.15, -0.1) is 0 Å². The zero-order chi connectivity index (χ0) is 59.0. The highest BCUT2D eigenvalue weighted by Gasteiger charge is 2.45. The number of ether oxygens (including phenoxy) is 3. The number of benzene rings is 5. The summed E-state index contributed by atoms with van der Waals surface area (Å²) in [7, 11) is 1.45. The molecule has 438 valence electrons. The van der Waals surface area contributed by atoms with Crippen molar-refractivity contribution >= 4 is 73.1 Å². The fourth-order valence-corrected chi connectivity index (χ4v) is 13.0. The number of piperidine rings is 1. The van der Waals surface area contributed by atoms with Crippen molar-refractivity contribution in [1.82, 2.24) is 43.0 Å². The van der Waals surface area contributed by atoms with Gasteiger partial charge in [0.05, 0.1) is 34.6 Å². The number of carboxylic acids is 1. The normalized spacial score (nSPS) is 17.2. The number of carbonyl (C=O) groups is 6. The average Bonchev–Trinajstić information content (AvgIpc) is 4.24. The Hall–Kier alpha value is -8.64. The van der Waals surface area contributed by atoms with Gasteiger partial charge in [-0.3, -0.25) is 43.8 Å². The van der Waals surface area contributed by atoms with Crippen LogP contribution in [0.15, 0.2) is 103 Å². The maximum Gasteiger partial charge on any atom is 0.352 e. The molecule has 23 heteroatoms. The van der Waals surface area contributed by atoms with Crippen molar-refractivity contribution in [2.75, 3.05) is 91.1 Å². The number of anilines is 1. The maximum absolute atomic E-state index is 13.7. The molecule has 22 nitrogen and oxygen atoms in total. The van der Waals surface area contributed by atoms with Crippen molar-refractivity contribution in [3.63, 3.8) is 0 Å². The molecule has 2 N–H and O–H groups in total. The number of hydrogen-bond donors (Lipinski definition) is 2. The molecule has 1 atom stereocenters. The molecule has 0 bridgehead atoms. The number of para-hydroxylation sites is 1. The first-order chi connectivity index (χ1) is 40.5. The van der Waals surface area contributed by atoms with Crippen LogP contribution < -0.4 is 24.4 Å². The zero-order valence-corrected chi connectivity index (χ0v) is 48.1. The van der Waals surface area contributed by atoms with Crippen molar-refractivity contribution < 1.29 is 56.5 Å². The summed E-state index contributed by atoms with van der Waals surface area (Å²) in [5, 5.41) is 21.2. The molecule has 7 aromatic rings. The summed E-state index contributed by atoms with van der Waals surface area (Å²) in [6.07, 6.45) is 0.992. The number of aromatic nitrogens is 3. The maximum atomic E-state index is 13.7. The predicted molar refractivity (Wildman–Crippen MR) is 312 cm³/mol. The van der Waals surface area contributed by atoms with Gasteiger partial charge in [-0.2, -0.15) is 22.1 Å². The Labute approximate surface area is 485 Å². The van der Waals surface area contributed by atoms with E-state index in [0.29, 0.717) is 96.2 Å². The van der Waals surface area contributed by atoms with Gasteiger partial charge >= 0.3 is 5.97 Å². The Morgan fingerprint density at radius 1 is 0.762 bits per heavy atom. The number of fused-ring (bicyclic) bond motifs is 3. The van der Waals surface area contributed by atoms with Crippen LogP contribution in [0.3, 0.4) is 0 Å². The van der Waals surface area contributed by atoms with Crippen LogP contribution in [0.25, 0.3) is 32.8 Å². The van der Waals surface area contributed by atoms with Crippen molar-refractivity contribution in [3.8, 4) is 28.4 Å². The number of nitrogens with zero attached hydrogens (tertiary/aromatic N) is 9. The van der Waals surface area contributed by atoms with Crippen molar-refractivity contribution in [1.29, 1.82) is 0 Å². The van der Waals surface area contributed by atoms with Crippen LogP contribution in [-0.2, 0) is 51.2 Å². The lowest BCUT2D eigenvalue weighted by molar-refractivity contribution is -0.136. The molecule has 5 amide bonds. The quantitative estimate of drug-likeness (QED) is 0.0723. The summed E-state index contributed by atoms with van der Waals surface area (Å²) >= 11 is 0. The number of hydrogen-bond acceptors (Lipinski definition) is 14. The van der Waals surface area contributed by atoms with Crippen LogP contribution in [0, 0.1) is 6.92 Å². The fraction of sp³-hybridized carbons (Fsp3) is 0.361. The molecular formula is C61H66N10O12S. The number of rotatable bonds is 20. The average molecular weight is 1160 g/mol. The SMILES string of the molecule is Cc1nn(C)c(COc2ccc(N3CCN(S(=O)(=O)N(C)C)CC3)cc2)c1-c1cccc2c(CCCOc3cccc4ccccc34)c(C(=O)O)n(CCN3CCN(C(=O)COc4ccc5c(c4)C(=O)N(C4CCC(=O)NC4=O)C5=O)CC3)c12. The van der Waals surface area contributed by atoms with E-state index < -0.39 is 45.8 Å². The van der Waals surface area contributed by atoms with Crippen molar-refractivity contribution in [2.24, 2.45) is 7.05 Å². The second-order valence-electron chi connectivity index (χ2n) is 21.6. The molecule has 0 aliphatic carbocycles. The van der Waals surface area contributed by atoms with E-state index >= 15 is 0 Å². The van der Waals surface area contributed by atoms with Gasteiger partial charge in [-0.25, -0.2) is 4.79 Å². The van der Waals surface area contributed by atoms with Crippen LogP contribution in [0.4, 0.5) is 5.69 Å². The van der Waals surface area contributed by atoms with E-state index in [1.54, 1.807) is 9.58 Å². The second-order valence-corrected chi connectivity index (χ2v) is 23.7. The molecule has 84 heavy (non-hydrogen) atoms. The largest absolute Gasteiger partial charge is 0.493 e. The molecule has 3 fully saturated rings. The Balaban J connectivity index is 0.794. The lowest BCUT2D eigenvalue weighted by Crippen LogP contribution is -2.54. The van der Waals surface area contributed by atoms with Crippen LogP contribution in [0.5, 0.6) is 17.2 Å². The van der Waals surface area contributed by atoms with E-state index in [1.807, 2.05) is 103 Å². The second kappa shape index (κ2) is 23.9. The van der Waals surface area contributed by atoms with Gasteiger partial charge in [0.2, 0.25) is 11.8 Å². The lowest BCUT2D eigenvalue weighted by Gasteiger charge is -2.36. The van der Waals surface area contributed by atoms with Crippen LogP contribution >= 0.6 is 0 Å². The third kappa shape index (κ3) is 11.3. The Kier molecular flexibility index (Phi) is 16.3. The van der Waals surface area contributed by atoms with Gasteiger partial charge in [-0.05, 0) is 85.7 Å². The Morgan fingerprint density at radius 2 is 1.46 bits per heavy atom. The first kappa shape index (κ1) is 57.2. The van der Waals surface area contributed by atoms with Crippen LogP contribution in [0.1, 0.15) is 67.4 Å². The molecule has 0 spiro atoms. The third-order valence-electron chi connectivity index (χ3n) is 16.3. The summed E-state index contributed by atoms with van der Waals surface area (Å²) in [4.78, 5) is 85.1. The van der Waals surface area contributed by atoms with Gasteiger partial charge in [0.15, 0.2) is 6.61 Å². The number of aryl methyl sites for hydroxylation is 3. The number of carboxylic acid groups (broad SMARTS) is 1. The van der Waals surface area contributed by atoms with Crippen molar-refractivity contribution in [2.45, 2.75) is 51.8 Å². The van der Waals surface area contributed by atoms with Gasteiger partial charge < -0.3 is 33.7 Å². The molecule has 2 aromatic heterocycles. The molecule has 4 aliphatic heterocycles. The van der Waals surface area contributed by atoms with Crippen LogP contribution in [0.2, 0.25) is 0 Å². The molecule has 6 heterocycles. The smallest absolute Gasteiger partial charge is 0.352 e. The number of amides is 5. The minimum atomic E-state index is -3.50. The summed E-state index contributed by atoms with van der Waals surface area (Å²) in [5.41, 5.74) is 5.92. The van der Waals surface area contributed by atoms with E-state index in [-0.39, 0.29) is 54.5 Å². The molecule has 11 rings (SSSR count). The highest BCUT2D eigenvalue weighted by atomic mass is 32.2. The highest BCUT2D eigenvalue weighted by molar-refractivity contribution is 7.86. The standard InChI is InChI=1S/C61H66N10O12S/c1-39-55(51(65(4)63-39)37-82-42-19-17-41(18-20-42)67-30-32-69(33-31-67)84(79,80)64(2)3)48-14-8-13-45-46(15-9-35-81-52-16-7-11-40-10-5-6-12-44(40)52)57(61(77)78)70(56(45)48)34-27-66-25-28-68(29-26-66)54(73)38-83-43-21-22-47-49(36-43)60(76)71(59(47)75)50-23-24-53(72)62-58(50)74/h5-8,10-14,16-22,36,50H,9,15,23-35,37-38H2,1-4H3,(H,77,78)(H,62,72,74). The number of carbonyl (C=O) groups excluding carboxylic acids is 5. The summed E-state index contributed by atoms with van der Waals surface area (Å²) < 4.78 is 50.6. The van der Waals surface area contributed by atoms with E-state index in [4.69, 9.17) is 19.3 Å². The van der Waals surface area contributed by atoms with Crippen LogP contribution in [-0.4, -0.2) is 179 Å². The number of piperazine rings is 2. The minimum Gasteiger partial charge on any atom is -0.493 e. The number of aromatic carboxylic acids is 1. The van der Waals surface area contributed by atoms with Gasteiger partial charge in [-0.1, -0.05) is 54.6 Å². The molecule has 0 radical (unpaired) electrons. The fourth-order valence-electron chi connectivity index (χ4n) is 11.9. The zero-order valence-electron chi connectivity index (χ0n) is 47.3. The Bertz CT molecular complexity index is 3840. The monoisotopic (exact) mass is 1160 g/mol. The minimum absolute atomic E-state index is 0.000315. The summed E-state index contributed by atoms with van der Waals surface area (Å²) in [5.74, 6) is -2.23. The van der Waals surface area contributed by atoms with E-state index in [0.717, 1.165) is 60.5 Å². The van der Waals surface area contributed by atoms with E-state index in [9.17, 15) is 42.3 Å². The first-order valence-corrected chi connectivity index (χ1v) is 29.5. The Morgan fingerprint density at radius 3 is 2.20 bits per heavy atom. The molecule has 0 saturated carbocycles. The molecule has 5 aromatic carbocycles. The predicted octanol–water partition coefficient (Wildman–Crippen LogP) is 5.35. The number of nitrogens with one attached hydrogen (secondary N) is 1. The molecule has 3 saturated heterocycles. The number of imide groups is 2. The lowest BCUT2D eigenvalue weighted by atomic mass is 9.98. The highest BCUT2D eigenvalue weighted by Crippen LogP contribution is 2.39.